The van der Waals surface area contributed by atoms with Crippen molar-refractivity contribution in [1.29, 1.82) is 0 Å². The Balaban J connectivity index is 2.21. The van der Waals surface area contributed by atoms with Crippen LogP contribution in [0.3, 0.4) is 0 Å². The Morgan fingerprint density at radius 2 is 1.09 bits per heavy atom. The van der Waals surface area contributed by atoms with Gasteiger partial charge in [-0.3, -0.25) is 0 Å². The van der Waals surface area contributed by atoms with Gasteiger partial charge in [0.2, 0.25) is 0 Å². The zero-order valence-corrected chi connectivity index (χ0v) is 13.9. The topological polar surface area (TPSA) is 12.4 Å². The molecule has 0 atom stereocenters. The summed E-state index contributed by atoms with van der Waals surface area (Å²) < 4.78 is 0. The summed E-state index contributed by atoms with van der Waals surface area (Å²) in [4.78, 5) is 5.06. The molecule has 0 aliphatic rings. The molecule has 0 spiro atoms. The maximum atomic E-state index is 5.06. The van der Waals surface area contributed by atoms with Crippen LogP contribution in [0.5, 0.6) is 0 Å². The molecule has 0 N–H and O–H groups in total. The highest BCUT2D eigenvalue weighted by Crippen LogP contribution is 2.27. The molecule has 0 aliphatic carbocycles. The summed E-state index contributed by atoms with van der Waals surface area (Å²) in [7, 11) is 0. The molecule has 1 nitrogen and oxygen atoms in total. The zero-order valence-electron chi connectivity index (χ0n) is 13.9. The van der Waals surface area contributed by atoms with Gasteiger partial charge in [-0.2, -0.15) is 0 Å². The smallest absolute Gasteiger partial charge is 0.0781 e. The number of nitrogens with zero attached hydrogens (tertiary/aromatic N) is 1. The van der Waals surface area contributed by atoms with E-state index in [1.54, 1.807) is 0 Å². The fourth-order valence-electron chi connectivity index (χ4n) is 2.95. The minimum Gasteiger partial charge on any atom is -0.247 e. The summed E-state index contributed by atoms with van der Waals surface area (Å²) in [5.41, 5.74) is 8.06. The van der Waals surface area contributed by atoms with Crippen LogP contribution in [0.2, 0.25) is 0 Å². The minimum absolute atomic E-state index is 1.02. The lowest BCUT2D eigenvalue weighted by Crippen LogP contribution is -2.03. The molecule has 0 aromatic heterocycles. The molecule has 0 saturated heterocycles. The zero-order chi connectivity index (χ0) is 16.2. The van der Waals surface area contributed by atoms with Crippen LogP contribution in [0.15, 0.2) is 77.8 Å². The molecule has 0 fully saturated rings. The van der Waals surface area contributed by atoms with Crippen LogP contribution in [0.1, 0.15) is 27.8 Å². The summed E-state index contributed by atoms with van der Waals surface area (Å²) >= 11 is 0. The molecule has 3 rings (SSSR count). The van der Waals surface area contributed by atoms with Crippen molar-refractivity contribution in [2.75, 3.05) is 0 Å². The largest absolute Gasteiger partial charge is 0.247 e. The van der Waals surface area contributed by atoms with Crippen molar-refractivity contribution in [3.8, 4) is 0 Å². The maximum absolute atomic E-state index is 5.06. The highest BCUT2D eigenvalue weighted by Gasteiger charge is 2.09. The van der Waals surface area contributed by atoms with Gasteiger partial charge in [0.25, 0.3) is 0 Å². The standard InChI is InChI=1S/C22H21N/c1-16-14-17(2)21(18(3)15-16)23-22(19-10-6-4-7-11-19)20-12-8-5-9-13-20/h4-15H,1-3H3. The van der Waals surface area contributed by atoms with Crippen LogP contribution in [-0.2, 0) is 0 Å². The van der Waals surface area contributed by atoms with Crippen LogP contribution >= 0.6 is 0 Å². The maximum Gasteiger partial charge on any atom is 0.0781 e. The fraction of sp³-hybridized carbons (Fsp3) is 0.136. The molecule has 0 heterocycles. The molecule has 0 aliphatic heterocycles. The molecule has 0 amide bonds. The van der Waals surface area contributed by atoms with Crippen LogP contribution < -0.4 is 0 Å². The molecule has 3 aromatic rings. The van der Waals surface area contributed by atoms with Gasteiger partial charge in [-0.25, -0.2) is 4.99 Å². The molecule has 0 unspecified atom stereocenters. The van der Waals surface area contributed by atoms with Crippen molar-refractivity contribution in [1.82, 2.24) is 0 Å². The third-order valence-electron chi connectivity index (χ3n) is 3.95. The van der Waals surface area contributed by atoms with E-state index in [0.29, 0.717) is 0 Å². The lowest BCUT2D eigenvalue weighted by Gasteiger charge is -2.11. The molecule has 114 valence electrons. The fourth-order valence-corrected chi connectivity index (χ4v) is 2.95. The van der Waals surface area contributed by atoms with Gasteiger partial charge in [0.15, 0.2) is 0 Å². The third kappa shape index (κ3) is 3.40. The highest BCUT2D eigenvalue weighted by molar-refractivity contribution is 6.14. The molecule has 0 radical (unpaired) electrons. The van der Waals surface area contributed by atoms with E-state index in [1.807, 2.05) is 12.1 Å². The SMILES string of the molecule is Cc1cc(C)c(N=C(c2ccccc2)c2ccccc2)c(C)c1. The number of aryl methyl sites for hydroxylation is 3. The van der Waals surface area contributed by atoms with E-state index in [0.717, 1.165) is 22.5 Å². The number of benzene rings is 3. The predicted molar refractivity (Wildman–Crippen MR) is 98.8 cm³/mol. The van der Waals surface area contributed by atoms with Gasteiger partial charge >= 0.3 is 0 Å². The minimum atomic E-state index is 1.02. The molecule has 1 heteroatoms. The first-order valence-electron chi connectivity index (χ1n) is 7.92. The highest BCUT2D eigenvalue weighted by atomic mass is 14.8. The van der Waals surface area contributed by atoms with Crippen LogP contribution in [-0.4, -0.2) is 5.71 Å². The van der Waals surface area contributed by atoms with E-state index in [2.05, 4.69) is 81.4 Å². The van der Waals surface area contributed by atoms with Crippen molar-refractivity contribution in [2.24, 2.45) is 4.99 Å². The van der Waals surface area contributed by atoms with E-state index in [9.17, 15) is 0 Å². The van der Waals surface area contributed by atoms with Gasteiger partial charge in [0, 0.05) is 11.1 Å². The molecule has 23 heavy (non-hydrogen) atoms. The summed E-state index contributed by atoms with van der Waals surface area (Å²) in [5.74, 6) is 0. The second kappa shape index (κ2) is 6.62. The number of rotatable bonds is 3. The Hall–Kier alpha value is -2.67. The van der Waals surface area contributed by atoms with E-state index >= 15 is 0 Å². The van der Waals surface area contributed by atoms with E-state index in [-0.39, 0.29) is 0 Å². The average Bonchev–Trinajstić information content (AvgIpc) is 2.56. The van der Waals surface area contributed by atoms with Crippen LogP contribution in [0.25, 0.3) is 0 Å². The lowest BCUT2D eigenvalue weighted by atomic mass is 10.0. The summed E-state index contributed by atoms with van der Waals surface area (Å²) in [6.45, 7) is 6.39. The Kier molecular flexibility index (Phi) is 4.38. The predicted octanol–water partition coefficient (Wildman–Crippen LogP) is 5.78. The first-order chi connectivity index (χ1) is 11.1. The van der Waals surface area contributed by atoms with Crippen molar-refractivity contribution in [3.05, 3.63) is 101 Å². The third-order valence-corrected chi connectivity index (χ3v) is 3.95. The first-order valence-corrected chi connectivity index (χ1v) is 7.92. The molecule has 3 aromatic carbocycles. The van der Waals surface area contributed by atoms with E-state index in [4.69, 9.17) is 4.99 Å². The van der Waals surface area contributed by atoms with Crippen LogP contribution in [0, 0.1) is 20.8 Å². The number of hydrogen-bond donors (Lipinski definition) is 0. The van der Waals surface area contributed by atoms with Crippen molar-refractivity contribution >= 4 is 11.4 Å². The quantitative estimate of drug-likeness (QED) is 0.543. The summed E-state index contributed by atoms with van der Waals surface area (Å²) in [6, 6.07) is 25.2. The second-order valence-electron chi connectivity index (χ2n) is 5.94. The van der Waals surface area contributed by atoms with Crippen molar-refractivity contribution in [2.45, 2.75) is 20.8 Å². The monoisotopic (exact) mass is 299 g/mol. The van der Waals surface area contributed by atoms with Gasteiger partial charge < -0.3 is 0 Å². The van der Waals surface area contributed by atoms with Crippen molar-refractivity contribution < 1.29 is 0 Å². The Labute approximate surface area is 138 Å². The molecular weight excluding hydrogens is 278 g/mol. The first kappa shape index (κ1) is 15.2. The molecular formula is C22H21N. The number of hydrogen-bond acceptors (Lipinski definition) is 1. The van der Waals surface area contributed by atoms with Gasteiger partial charge in [-0.1, -0.05) is 78.4 Å². The van der Waals surface area contributed by atoms with Gasteiger partial charge in [0.05, 0.1) is 11.4 Å². The normalized spacial score (nSPS) is 10.4. The molecule has 0 bridgehead atoms. The van der Waals surface area contributed by atoms with E-state index in [1.165, 1.54) is 16.7 Å². The van der Waals surface area contributed by atoms with Gasteiger partial charge in [0.1, 0.15) is 0 Å². The van der Waals surface area contributed by atoms with Gasteiger partial charge in [-0.05, 0) is 31.9 Å². The van der Waals surface area contributed by atoms with Gasteiger partial charge in [-0.15, -0.1) is 0 Å². The Morgan fingerprint density at radius 3 is 1.52 bits per heavy atom. The molecule has 0 saturated carbocycles. The Bertz CT molecular complexity index is 766. The lowest BCUT2D eigenvalue weighted by molar-refractivity contribution is 1.28. The number of aliphatic imine (C=N–C) groups is 1. The summed E-state index contributed by atoms with van der Waals surface area (Å²) in [5, 5.41) is 0. The average molecular weight is 299 g/mol. The second-order valence-corrected chi connectivity index (χ2v) is 5.94. The van der Waals surface area contributed by atoms with Crippen LogP contribution in [0.4, 0.5) is 5.69 Å². The van der Waals surface area contributed by atoms with E-state index < -0.39 is 0 Å². The van der Waals surface area contributed by atoms with Crippen molar-refractivity contribution in [3.63, 3.8) is 0 Å². The Morgan fingerprint density at radius 1 is 0.652 bits per heavy atom. The summed E-state index contributed by atoms with van der Waals surface area (Å²) in [6.07, 6.45) is 0.